The zero-order chi connectivity index (χ0) is 22.5. The van der Waals surface area contributed by atoms with E-state index in [4.69, 9.17) is 0 Å². The number of hydrogen-bond acceptors (Lipinski definition) is 6. The topological polar surface area (TPSA) is 125 Å². The minimum absolute atomic E-state index is 0.122. The zero-order valence-electron chi connectivity index (χ0n) is 18.1. The van der Waals surface area contributed by atoms with Crippen molar-refractivity contribution in [3.05, 3.63) is 33.9 Å². The maximum absolute atomic E-state index is 12.6. The van der Waals surface area contributed by atoms with Gasteiger partial charge in [0.05, 0.1) is 4.92 Å². The maximum atomic E-state index is 12.6. The van der Waals surface area contributed by atoms with Crippen molar-refractivity contribution in [3.8, 4) is 0 Å². The van der Waals surface area contributed by atoms with Crippen molar-refractivity contribution in [1.29, 1.82) is 0 Å². The average molecular weight is 423 g/mol. The Balaban J connectivity index is 3.02. The first-order valence-corrected chi connectivity index (χ1v) is 10.6. The highest BCUT2D eigenvalue weighted by atomic mass is 16.6. The summed E-state index contributed by atoms with van der Waals surface area (Å²) >= 11 is 0. The summed E-state index contributed by atoms with van der Waals surface area (Å²) in [5.74, 6) is -1.92. The lowest BCUT2D eigenvalue weighted by molar-refractivity contribution is -0.385. The summed E-state index contributed by atoms with van der Waals surface area (Å²) in [6, 6.07) is 3.36. The number of amides is 1. The van der Waals surface area contributed by atoms with Gasteiger partial charge in [-0.15, -0.1) is 0 Å². The van der Waals surface area contributed by atoms with Crippen molar-refractivity contribution in [1.82, 2.24) is 10.6 Å². The van der Waals surface area contributed by atoms with Crippen LogP contribution in [0, 0.1) is 10.1 Å². The normalized spacial score (nSPS) is 11.7. The molecule has 30 heavy (non-hydrogen) atoms. The second-order valence-electron chi connectivity index (χ2n) is 7.18. The van der Waals surface area contributed by atoms with Gasteiger partial charge in [-0.3, -0.25) is 14.9 Å². The molecule has 0 radical (unpaired) electrons. The van der Waals surface area contributed by atoms with Crippen molar-refractivity contribution in [2.24, 2.45) is 0 Å². The fourth-order valence-corrected chi connectivity index (χ4v) is 3.13. The average Bonchev–Trinajstić information content (AvgIpc) is 2.72. The minimum atomic E-state index is -1.17. The first-order chi connectivity index (χ1) is 14.3. The molecule has 0 heterocycles. The third-order valence-corrected chi connectivity index (χ3v) is 4.75. The molecule has 0 aliphatic rings. The van der Waals surface area contributed by atoms with Gasteiger partial charge in [-0.2, -0.15) is 0 Å². The summed E-state index contributed by atoms with van der Waals surface area (Å²) in [5.41, 5.74) is 0.261. The van der Waals surface area contributed by atoms with Gasteiger partial charge >= 0.3 is 5.97 Å². The molecule has 1 amide bonds. The van der Waals surface area contributed by atoms with Crippen LogP contribution in [0.1, 0.15) is 63.2 Å². The molecule has 0 aromatic heterocycles. The first-order valence-electron chi connectivity index (χ1n) is 10.6. The minimum Gasteiger partial charge on any atom is -0.480 e. The highest BCUT2D eigenvalue weighted by Crippen LogP contribution is 2.26. The molecule has 0 aliphatic heterocycles. The van der Waals surface area contributed by atoms with E-state index < -0.39 is 22.8 Å². The highest BCUT2D eigenvalue weighted by molar-refractivity contribution is 6.00. The molecular formula is C21H34N4O5. The number of nitro groups is 1. The van der Waals surface area contributed by atoms with E-state index in [1.54, 1.807) is 13.0 Å². The van der Waals surface area contributed by atoms with E-state index in [9.17, 15) is 24.8 Å². The van der Waals surface area contributed by atoms with Crippen molar-refractivity contribution in [3.63, 3.8) is 0 Å². The lowest BCUT2D eigenvalue weighted by Crippen LogP contribution is -2.40. The van der Waals surface area contributed by atoms with Gasteiger partial charge in [-0.1, -0.05) is 20.8 Å². The van der Waals surface area contributed by atoms with Crippen LogP contribution < -0.4 is 15.5 Å². The summed E-state index contributed by atoms with van der Waals surface area (Å²) < 4.78 is 0. The first kappa shape index (κ1) is 25.4. The van der Waals surface area contributed by atoms with Gasteiger partial charge in [0.2, 0.25) is 0 Å². The van der Waals surface area contributed by atoms with E-state index in [-0.39, 0.29) is 17.7 Å². The molecule has 0 spiro atoms. The molecule has 0 aliphatic carbocycles. The smallest absolute Gasteiger partial charge is 0.326 e. The van der Waals surface area contributed by atoms with Gasteiger partial charge in [0, 0.05) is 24.8 Å². The molecule has 1 aromatic carbocycles. The Kier molecular flexibility index (Phi) is 11.4. The number of carboxylic acids is 1. The summed E-state index contributed by atoms with van der Waals surface area (Å²) in [7, 11) is 0. The number of nitro benzene ring substituents is 1. The maximum Gasteiger partial charge on any atom is 0.326 e. The number of carboxylic acid groups (broad SMARTS) is 1. The Morgan fingerprint density at radius 2 is 1.87 bits per heavy atom. The highest BCUT2D eigenvalue weighted by Gasteiger charge is 2.25. The molecule has 0 saturated carbocycles. The van der Waals surface area contributed by atoms with Crippen LogP contribution >= 0.6 is 0 Å². The number of carbonyl (C=O) groups excluding carboxylic acids is 1. The molecule has 0 saturated heterocycles. The summed E-state index contributed by atoms with van der Waals surface area (Å²) in [4.78, 5) is 36.8. The van der Waals surface area contributed by atoms with E-state index in [0.717, 1.165) is 57.5 Å². The number of hydrogen-bond donors (Lipinski definition) is 3. The molecule has 0 fully saturated rings. The van der Waals surface area contributed by atoms with Crippen LogP contribution in [0.2, 0.25) is 0 Å². The van der Waals surface area contributed by atoms with Gasteiger partial charge in [-0.05, 0) is 57.3 Å². The summed E-state index contributed by atoms with van der Waals surface area (Å²) in [5, 5.41) is 26.3. The van der Waals surface area contributed by atoms with Crippen molar-refractivity contribution < 1.29 is 19.6 Å². The van der Waals surface area contributed by atoms with E-state index in [0.29, 0.717) is 0 Å². The Hall–Kier alpha value is -2.68. The second kappa shape index (κ2) is 13.5. The van der Waals surface area contributed by atoms with Crippen LogP contribution in [0.5, 0.6) is 0 Å². The number of carbonyl (C=O) groups is 2. The van der Waals surface area contributed by atoms with E-state index in [1.165, 1.54) is 12.1 Å². The Morgan fingerprint density at radius 3 is 2.43 bits per heavy atom. The lowest BCUT2D eigenvalue weighted by Gasteiger charge is -2.25. The summed E-state index contributed by atoms with van der Waals surface area (Å²) in [6.07, 6.45) is 4.13. The SMILES string of the molecule is CCCNCCCCN(CCC)c1ccc([N+](=O)[O-])c(C(=O)NC(CC)C(=O)O)c1. The van der Waals surface area contributed by atoms with E-state index >= 15 is 0 Å². The van der Waals surface area contributed by atoms with Crippen LogP contribution in [-0.2, 0) is 4.79 Å². The fraction of sp³-hybridized carbons (Fsp3) is 0.619. The van der Waals surface area contributed by atoms with Crippen molar-refractivity contribution in [2.45, 2.75) is 58.9 Å². The Labute approximate surface area is 178 Å². The standard InChI is InChI=1S/C21H34N4O5/c1-4-11-22-12-7-8-14-24(13-5-2)16-9-10-19(25(29)30)17(15-16)20(26)23-18(6-3)21(27)28/h9-10,15,18,22H,4-8,11-14H2,1-3H3,(H,23,26)(H,27,28). The fourth-order valence-electron chi connectivity index (χ4n) is 3.13. The monoisotopic (exact) mass is 422 g/mol. The van der Waals surface area contributed by atoms with Crippen LogP contribution in [0.15, 0.2) is 18.2 Å². The van der Waals surface area contributed by atoms with Gasteiger partial charge in [-0.25, -0.2) is 4.79 Å². The quantitative estimate of drug-likeness (QED) is 0.225. The van der Waals surface area contributed by atoms with Gasteiger partial charge in [0.15, 0.2) is 0 Å². The number of nitrogens with one attached hydrogen (secondary N) is 2. The van der Waals surface area contributed by atoms with E-state index in [1.807, 2.05) is 6.92 Å². The number of benzene rings is 1. The van der Waals surface area contributed by atoms with Crippen LogP contribution in [0.3, 0.4) is 0 Å². The largest absolute Gasteiger partial charge is 0.480 e. The molecule has 3 N–H and O–H groups in total. The third-order valence-electron chi connectivity index (χ3n) is 4.75. The molecule has 1 atom stereocenters. The van der Waals surface area contributed by atoms with Gasteiger partial charge in [0.25, 0.3) is 11.6 Å². The number of aliphatic carboxylic acids is 1. The van der Waals surface area contributed by atoms with Crippen LogP contribution in [-0.4, -0.2) is 54.1 Å². The van der Waals surface area contributed by atoms with Crippen molar-refractivity contribution in [2.75, 3.05) is 31.1 Å². The van der Waals surface area contributed by atoms with Crippen LogP contribution in [0.25, 0.3) is 0 Å². The number of rotatable bonds is 15. The van der Waals surface area contributed by atoms with Crippen LogP contribution in [0.4, 0.5) is 11.4 Å². The molecule has 1 unspecified atom stereocenters. The molecule has 168 valence electrons. The van der Waals surface area contributed by atoms with Crippen molar-refractivity contribution >= 4 is 23.3 Å². The molecule has 9 heteroatoms. The molecule has 1 aromatic rings. The molecule has 9 nitrogen and oxygen atoms in total. The second-order valence-corrected chi connectivity index (χ2v) is 7.18. The number of unbranched alkanes of at least 4 members (excludes halogenated alkanes) is 1. The Morgan fingerprint density at radius 1 is 1.13 bits per heavy atom. The predicted octanol–water partition coefficient (Wildman–Crippen LogP) is 3.18. The zero-order valence-corrected chi connectivity index (χ0v) is 18.1. The number of anilines is 1. The molecule has 1 rings (SSSR count). The van der Waals surface area contributed by atoms with Gasteiger partial charge in [0.1, 0.15) is 11.6 Å². The van der Waals surface area contributed by atoms with Gasteiger partial charge < -0.3 is 20.6 Å². The Bertz CT molecular complexity index is 711. The lowest BCUT2D eigenvalue weighted by atomic mass is 10.1. The number of nitrogens with zero attached hydrogens (tertiary/aromatic N) is 2. The van der Waals surface area contributed by atoms with E-state index in [2.05, 4.69) is 22.5 Å². The third kappa shape index (κ3) is 7.98. The molecule has 0 bridgehead atoms. The predicted molar refractivity (Wildman–Crippen MR) is 117 cm³/mol. The summed E-state index contributed by atoms with van der Waals surface area (Å²) in [6.45, 7) is 9.26. The molecular weight excluding hydrogens is 388 g/mol.